The molecule has 0 radical (unpaired) electrons. The van der Waals surface area contributed by atoms with Crippen molar-refractivity contribution < 1.29 is 5.11 Å². The van der Waals surface area contributed by atoms with Crippen molar-refractivity contribution >= 4 is 5.69 Å². The molecule has 1 atom stereocenters. The van der Waals surface area contributed by atoms with Gasteiger partial charge in [-0.2, -0.15) is 0 Å². The molecule has 2 N–H and O–H groups in total. The van der Waals surface area contributed by atoms with Crippen molar-refractivity contribution in [1.29, 1.82) is 0 Å². The predicted molar refractivity (Wildman–Crippen MR) is 77.0 cm³/mol. The van der Waals surface area contributed by atoms with E-state index in [1.807, 2.05) is 0 Å². The number of aliphatic hydroxyl groups is 1. The fourth-order valence-electron chi connectivity index (χ4n) is 2.80. The highest BCUT2D eigenvalue weighted by Crippen LogP contribution is 2.28. The van der Waals surface area contributed by atoms with E-state index in [1.165, 1.54) is 36.8 Å². The Bertz CT molecular complexity index is 383. The summed E-state index contributed by atoms with van der Waals surface area (Å²) in [5, 5.41) is 13.4. The van der Waals surface area contributed by atoms with Crippen molar-refractivity contribution in [3.05, 3.63) is 29.3 Å². The van der Waals surface area contributed by atoms with E-state index in [0.29, 0.717) is 6.54 Å². The van der Waals surface area contributed by atoms with Gasteiger partial charge in [-0.05, 0) is 49.4 Å². The van der Waals surface area contributed by atoms with Crippen LogP contribution in [0.5, 0.6) is 0 Å². The molecule has 18 heavy (non-hydrogen) atoms. The van der Waals surface area contributed by atoms with E-state index in [0.717, 1.165) is 18.0 Å². The first-order valence-corrected chi connectivity index (χ1v) is 7.14. The maximum absolute atomic E-state index is 10.0. The Labute approximate surface area is 110 Å². The van der Waals surface area contributed by atoms with Crippen molar-refractivity contribution in [3.63, 3.8) is 0 Å². The minimum atomic E-state index is -0.213. The summed E-state index contributed by atoms with van der Waals surface area (Å²) in [5.74, 6) is 0.751. The van der Waals surface area contributed by atoms with Gasteiger partial charge in [0.05, 0.1) is 6.10 Å². The van der Waals surface area contributed by atoms with Crippen LogP contribution in [-0.2, 0) is 0 Å². The average molecular weight is 247 g/mol. The normalized spacial score (nSPS) is 17.9. The van der Waals surface area contributed by atoms with Crippen LogP contribution in [0, 0.1) is 19.8 Å². The monoisotopic (exact) mass is 247 g/mol. The van der Waals surface area contributed by atoms with E-state index in [-0.39, 0.29) is 6.10 Å². The van der Waals surface area contributed by atoms with Crippen molar-refractivity contribution in [2.75, 3.05) is 11.9 Å². The lowest BCUT2D eigenvalue weighted by Gasteiger charge is -2.17. The number of aliphatic hydroxyl groups excluding tert-OH is 1. The number of anilines is 1. The summed E-state index contributed by atoms with van der Waals surface area (Å²) in [4.78, 5) is 0. The SMILES string of the molecule is Cc1ccc(NCC(O)CC2CCCC2)cc1C. The zero-order valence-corrected chi connectivity index (χ0v) is 11.6. The smallest absolute Gasteiger partial charge is 0.0715 e. The molecule has 0 aliphatic heterocycles. The lowest BCUT2D eigenvalue weighted by molar-refractivity contribution is 0.155. The molecule has 100 valence electrons. The third-order valence-electron chi connectivity index (χ3n) is 4.13. The molecule has 2 heteroatoms. The zero-order chi connectivity index (χ0) is 13.0. The summed E-state index contributed by atoms with van der Waals surface area (Å²) in [6, 6.07) is 6.36. The molecule has 0 spiro atoms. The lowest BCUT2D eigenvalue weighted by atomic mass is 10.00. The quantitative estimate of drug-likeness (QED) is 0.832. The van der Waals surface area contributed by atoms with Gasteiger partial charge in [-0.25, -0.2) is 0 Å². The highest BCUT2D eigenvalue weighted by atomic mass is 16.3. The number of hydrogen-bond donors (Lipinski definition) is 2. The van der Waals surface area contributed by atoms with Gasteiger partial charge in [0.25, 0.3) is 0 Å². The molecule has 2 rings (SSSR count). The number of aryl methyl sites for hydroxylation is 2. The van der Waals surface area contributed by atoms with Gasteiger partial charge in [0.1, 0.15) is 0 Å². The second-order valence-electron chi connectivity index (χ2n) is 5.72. The van der Waals surface area contributed by atoms with Gasteiger partial charge in [0.2, 0.25) is 0 Å². The number of hydrogen-bond acceptors (Lipinski definition) is 2. The molecule has 1 aromatic carbocycles. The molecule has 2 nitrogen and oxygen atoms in total. The Morgan fingerprint density at radius 1 is 1.22 bits per heavy atom. The summed E-state index contributed by atoms with van der Waals surface area (Å²) in [5.41, 5.74) is 3.72. The Kier molecular flexibility index (Phi) is 4.65. The van der Waals surface area contributed by atoms with E-state index >= 15 is 0 Å². The minimum absolute atomic E-state index is 0.213. The molecule has 1 aliphatic carbocycles. The van der Waals surface area contributed by atoms with Crippen molar-refractivity contribution in [2.24, 2.45) is 5.92 Å². The Balaban J connectivity index is 1.77. The van der Waals surface area contributed by atoms with Crippen LogP contribution in [0.1, 0.15) is 43.2 Å². The summed E-state index contributed by atoms with van der Waals surface area (Å²) in [7, 11) is 0. The zero-order valence-electron chi connectivity index (χ0n) is 11.6. The van der Waals surface area contributed by atoms with Gasteiger partial charge in [-0.15, -0.1) is 0 Å². The molecule has 0 saturated heterocycles. The van der Waals surface area contributed by atoms with Gasteiger partial charge in [-0.1, -0.05) is 31.7 Å². The second kappa shape index (κ2) is 6.24. The van der Waals surface area contributed by atoms with E-state index in [4.69, 9.17) is 0 Å². The van der Waals surface area contributed by atoms with Gasteiger partial charge in [-0.3, -0.25) is 0 Å². The maximum Gasteiger partial charge on any atom is 0.0715 e. The van der Waals surface area contributed by atoms with Crippen molar-refractivity contribution in [1.82, 2.24) is 0 Å². The molecule has 0 bridgehead atoms. The molecular formula is C16H25NO. The Morgan fingerprint density at radius 2 is 1.94 bits per heavy atom. The second-order valence-corrected chi connectivity index (χ2v) is 5.72. The third-order valence-corrected chi connectivity index (χ3v) is 4.13. The van der Waals surface area contributed by atoms with Gasteiger partial charge in [0, 0.05) is 12.2 Å². The predicted octanol–water partition coefficient (Wildman–Crippen LogP) is 3.66. The van der Waals surface area contributed by atoms with E-state index in [9.17, 15) is 5.11 Å². The van der Waals surface area contributed by atoms with Crippen LogP contribution in [0.4, 0.5) is 5.69 Å². The highest BCUT2D eigenvalue weighted by molar-refractivity contribution is 5.48. The average Bonchev–Trinajstić information content (AvgIpc) is 2.83. The standard InChI is InChI=1S/C16H25NO/c1-12-7-8-15(9-13(12)2)17-11-16(18)10-14-5-3-4-6-14/h7-9,14,16-18H,3-6,10-11H2,1-2H3. The van der Waals surface area contributed by atoms with Gasteiger partial charge >= 0.3 is 0 Å². The largest absolute Gasteiger partial charge is 0.391 e. The Morgan fingerprint density at radius 3 is 2.61 bits per heavy atom. The van der Waals surface area contributed by atoms with Crippen LogP contribution in [0.25, 0.3) is 0 Å². The van der Waals surface area contributed by atoms with E-state index in [1.54, 1.807) is 0 Å². The molecule has 0 aromatic heterocycles. The van der Waals surface area contributed by atoms with Crippen molar-refractivity contribution in [3.8, 4) is 0 Å². The molecule has 1 saturated carbocycles. The molecule has 1 aliphatic rings. The van der Waals surface area contributed by atoms with E-state index in [2.05, 4.69) is 37.4 Å². The summed E-state index contributed by atoms with van der Waals surface area (Å²) in [6.07, 6.45) is 6.05. The maximum atomic E-state index is 10.0. The van der Waals surface area contributed by atoms with Gasteiger partial charge < -0.3 is 10.4 Å². The molecule has 1 fully saturated rings. The summed E-state index contributed by atoms with van der Waals surface area (Å²) >= 11 is 0. The first kappa shape index (κ1) is 13.4. The summed E-state index contributed by atoms with van der Waals surface area (Å²) < 4.78 is 0. The van der Waals surface area contributed by atoms with Gasteiger partial charge in [0.15, 0.2) is 0 Å². The van der Waals surface area contributed by atoms with E-state index < -0.39 is 0 Å². The molecule has 0 amide bonds. The summed E-state index contributed by atoms with van der Waals surface area (Å²) in [6.45, 7) is 4.91. The van der Waals surface area contributed by atoms with Crippen molar-refractivity contribution in [2.45, 2.75) is 52.1 Å². The molecule has 0 heterocycles. The number of rotatable bonds is 5. The fraction of sp³-hybridized carbons (Fsp3) is 0.625. The van der Waals surface area contributed by atoms with Crippen LogP contribution in [-0.4, -0.2) is 17.8 Å². The first-order chi connectivity index (χ1) is 8.65. The van der Waals surface area contributed by atoms with Crippen LogP contribution in [0.15, 0.2) is 18.2 Å². The third kappa shape index (κ3) is 3.74. The topological polar surface area (TPSA) is 32.3 Å². The van der Waals surface area contributed by atoms with Crippen LogP contribution in [0.2, 0.25) is 0 Å². The van der Waals surface area contributed by atoms with Crippen LogP contribution >= 0.6 is 0 Å². The minimum Gasteiger partial charge on any atom is -0.391 e. The number of benzene rings is 1. The molecular weight excluding hydrogens is 222 g/mol. The lowest BCUT2D eigenvalue weighted by Crippen LogP contribution is -2.22. The molecule has 1 aromatic rings. The number of nitrogens with one attached hydrogen (secondary N) is 1. The Hall–Kier alpha value is -1.02. The van der Waals surface area contributed by atoms with Crippen LogP contribution in [0.3, 0.4) is 0 Å². The first-order valence-electron chi connectivity index (χ1n) is 7.14. The highest BCUT2D eigenvalue weighted by Gasteiger charge is 2.18. The fourth-order valence-corrected chi connectivity index (χ4v) is 2.80. The van der Waals surface area contributed by atoms with Crippen LogP contribution < -0.4 is 5.32 Å². The molecule has 1 unspecified atom stereocenters.